The van der Waals surface area contributed by atoms with Crippen LogP contribution in [-0.2, 0) is 20.5 Å². The fourth-order valence-electron chi connectivity index (χ4n) is 5.76. The molecule has 0 spiro atoms. The number of hydrogen-bond donors (Lipinski definition) is 0. The minimum atomic E-state index is -4.80. The standard InChI is InChI=1S/C25H20BrF3N2O4/c1-23-8-9-24(35-23,10-11-34-18-5-3-2-4-17(18)26)20-19(23)21(32)31(22(20)33)15-7-6-14(13-30)16(12-15)25(27,28)29/h2-7,12,19-20H,8-11H2,1H3. The lowest BCUT2D eigenvalue weighted by atomic mass is 9.67. The van der Waals surface area contributed by atoms with Gasteiger partial charge in [-0.3, -0.25) is 9.59 Å². The van der Waals surface area contributed by atoms with Crippen LogP contribution in [0.4, 0.5) is 18.9 Å². The first-order valence-corrected chi connectivity index (χ1v) is 11.9. The SMILES string of the molecule is CC12CCC(CCOc3ccccc3Br)(O1)C1C(=O)N(c3ccc(C#N)c(C(F)(F)F)c3)C(=O)C12. The van der Waals surface area contributed by atoms with Crippen molar-refractivity contribution >= 4 is 33.4 Å². The molecule has 3 fully saturated rings. The maximum absolute atomic E-state index is 13.6. The molecule has 0 saturated carbocycles. The number of carbonyl (C=O) groups is 2. The molecule has 0 N–H and O–H groups in total. The molecule has 0 radical (unpaired) electrons. The maximum atomic E-state index is 13.6. The van der Waals surface area contributed by atoms with Crippen molar-refractivity contribution in [2.75, 3.05) is 11.5 Å². The van der Waals surface area contributed by atoms with E-state index >= 15 is 0 Å². The number of ether oxygens (including phenoxy) is 2. The van der Waals surface area contributed by atoms with Crippen LogP contribution in [0.3, 0.4) is 0 Å². The van der Waals surface area contributed by atoms with Crippen molar-refractivity contribution in [3.8, 4) is 11.8 Å². The fraction of sp³-hybridized carbons (Fsp3) is 0.400. The van der Waals surface area contributed by atoms with E-state index in [1.807, 2.05) is 18.2 Å². The molecule has 182 valence electrons. The Morgan fingerprint density at radius 1 is 1.17 bits per heavy atom. The number of rotatable bonds is 5. The Kier molecular flexibility index (Phi) is 5.49. The molecular weight excluding hydrogens is 529 g/mol. The van der Waals surface area contributed by atoms with Gasteiger partial charge in [-0.2, -0.15) is 18.4 Å². The van der Waals surface area contributed by atoms with Crippen LogP contribution in [0.25, 0.3) is 0 Å². The van der Waals surface area contributed by atoms with Crippen molar-refractivity contribution in [3.63, 3.8) is 0 Å². The van der Waals surface area contributed by atoms with Crippen molar-refractivity contribution < 1.29 is 32.2 Å². The van der Waals surface area contributed by atoms with Crippen molar-refractivity contribution in [3.05, 3.63) is 58.1 Å². The molecule has 0 aliphatic carbocycles. The van der Waals surface area contributed by atoms with Gasteiger partial charge in [-0.25, -0.2) is 4.90 Å². The molecule has 0 aromatic heterocycles. The monoisotopic (exact) mass is 548 g/mol. The smallest absolute Gasteiger partial charge is 0.417 e. The number of nitrogens with zero attached hydrogens (tertiary/aromatic N) is 2. The predicted octanol–water partition coefficient (Wildman–Crippen LogP) is 5.24. The van der Waals surface area contributed by atoms with E-state index < -0.39 is 52.2 Å². The third-order valence-corrected chi connectivity index (χ3v) is 7.97. The van der Waals surface area contributed by atoms with Gasteiger partial charge >= 0.3 is 6.18 Å². The maximum Gasteiger partial charge on any atom is 0.417 e. The summed E-state index contributed by atoms with van der Waals surface area (Å²) in [5.74, 6) is -2.14. The normalized spacial score (nSPS) is 29.4. The zero-order chi connectivity index (χ0) is 25.2. The Labute approximate surface area is 207 Å². The fourth-order valence-corrected chi connectivity index (χ4v) is 6.16. The van der Waals surface area contributed by atoms with E-state index in [9.17, 15) is 22.8 Å². The summed E-state index contributed by atoms with van der Waals surface area (Å²) < 4.78 is 53.5. The molecule has 2 aromatic rings. The minimum Gasteiger partial charge on any atom is -0.492 e. The molecule has 35 heavy (non-hydrogen) atoms. The van der Waals surface area contributed by atoms with Gasteiger partial charge in [0.1, 0.15) is 5.75 Å². The van der Waals surface area contributed by atoms with Crippen molar-refractivity contribution in [1.29, 1.82) is 5.26 Å². The van der Waals surface area contributed by atoms with Crippen LogP contribution in [-0.4, -0.2) is 29.6 Å². The summed E-state index contributed by atoms with van der Waals surface area (Å²) in [7, 11) is 0. The van der Waals surface area contributed by atoms with Crippen LogP contribution in [0, 0.1) is 23.2 Å². The highest BCUT2D eigenvalue weighted by Gasteiger charge is 2.73. The number of hydrogen-bond acceptors (Lipinski definition) is 5. The molecule has 4 unspecified atom stereocenters. The Hall–Kier alpha value is -2.90. The summed E-state index contributed by atoms with van der Waals surface area (Å²) in [5.41, 5.74) is -3.78. The van der Waals surface area contributed by atoms with Crippen LogP contribution in [0.2, 0.25) is 0 Å². The van der Waals surface area contributed by atoms with Gasteiger partial charge in [0.2, 0.25) is 11.8 Å². The average molecular weight is 549 g/mol. The molecule has 6 nitrogen and oxygen atoms in total. The molecule has 3 aliphatic rings. The number of amides is 2. The topological polar surface area (TPSA) is 79.6 Å². The van der Waals surface area contributed by atoms with Gasteiger partial charge in [0.15, 0.2) is 0 Å². The summed E-state index contributed by atoms with van der Waals surface area (Å²) in [4.78, 5) is 27.8. The third kappa shape index (κ3) is 3.64. The second-order valence-electron chi connectivity index (χ2n) is 9.32. The Morgan fingerprint density at radius 3 is 2.57 bits per heavy atom. The quantitative estimate of drug-likeness (QED) is 0.477. The van der Waals surface area contributed by atoms with Gasteiger partial charge in [0, 0.05) is 6.42 Å². The highest BCUT2D eigenvalue weighted by atomic mass is 79.9. The molecule has 10 heteroatoms. The lowest BCUT2D eigenvalue weighted by Gasteiger charge is -2.31. The number of alkyl halides is 3. The first-order valence-electron chi connectivity index (χ1n) is 11.1. The van der Waals surface area contributed by atoms with E-state index in [1.165, 1.54) is 12.1 Å². The second-order valence-corrected chi connectivity index (χ2v) is 10.2. The number of para-hydroxylation sites is 1. The Bertz CT molecular complexity index is 1280. The van der Waals surface area contributed by atoms with Gasteiger partial charge in [-0.1, -0.05) is 12.1 Å². The largest absolute Gasteiger partial charge is 0.492 e. The predicted molar refractivity (Wildman–Crippen MR) is 121 cm³/mol. The number of imide groups is 1. The van der Waals surface area contributed by atoms with E-state index in [2.05, 4.69) is 15.9 Å². The van der Waals surface area contributed by atoms with Crippen LogP contribution >= 0.6 is 15.9 Å². The number of nitriles is 1. The molecule has 3 aliphatic heterocycles. The summed E-state index contributed by atoms with van der Waals surface area (Å²) in [6, 6.07) is 11.7. The average Bonchev–Trinajstić information content (AvgIpc) is 3.38. The van der Waals surface area contributed by atoms with Gasteiger partial charge in [-0.05, 0) is 66.0 Å². The molecule has 2 amide bonds. The highest BCUT2D eigenvalue weighted by molar-refractivity contribution is 9.10. The molecule has 4 atom stereocenters. The lowest BCUT2D eigenvalue weighted by Crippen LogP contribution is -2.43. The zero-order valence-corrected chi connectivity index (χ0v) is 20.1. The van der Waals surface area contributed by atoms with Gasteiger partial charge in [0.05, 0.1) is 57.0 Å². The van der Waals surface area contributed by atoms with Crippen LogP contribution in [0.15, 0.2) is 46.9 Å². The zero-order valence-electron chi connectivity index (χ0n) is 18.6. The van der Waals surface area contributed by atoms with Gasteiger partial charge < -0.3 is 9.47 Å². The molecule has 3 heterocycles. The molecular formula is C25H20BrF3N2O4. The summed E-state index contributed by atoms with van der Waals surface area (Å²) >= 11 is 3.42. The van der Waals surface area contributed by atoms with E-state index in [0.29, 0.717) is 31.1 Å². The van der Waals surface area contributed by atoms with E-state index in [-0.39, 0.29) is 12.3 Å². The van der Waals surface area contributed by atoms with Crippen LogP contribution in [0.5, 0.6) is 5.75 Å². The van der Waals surface area contributed by atoms with Crippen molar-refractivity contribution in [2.24, 2.45) is 11.8 Å². The first kappa shape index (κ1) is 23.8. The third-order valence-electron chi connectivity index (χ3n) is 7.32. The highest BCUT2D eigenvalue weighted by Crippen LogP contribution is 2.62. The van der Waals surface area contributed by atoms with Crippen LogP contribution in [0.1, 0.15) is 37.3 Å². The van der Waals surface area contributed by atoms with Crippen molar-refractivity contribution in [2.45, 2.75) is 43.6 Å². The summed E-state index contributed by atoms with van der Waals surface area (Å²) in [6.07, 6.45) is -3.37. The van der Waals surface area contributed by atoms with Crippen molar-refractivity contribution in [1.82, 2.24) is 0 Å². The van der Waals surface area contributed by atoms with Gasteiger partial charge in [-0.15, -0.1) is 0 Å². The second kappa shape index (κ2) is 8.07. The number of fused-ring (bicyclic) bond motifs is 5. The Balaban J connectivity index is 1.45. The van der Waals surface area contributed by atoms with E-state index in [4.69, 9.17) is 14.7 Å². The number of anilines is 1. The summed E-state index contributed by atoms with van der Waals surface area (Å²) in [5, 5.41) is 9.07. The number of carbonyl (C=O) groups excluding carboxylic acids is 2. The molecule has 2 aromatic carbocycles. The van der Waals surface area contributed by atoms with E-state index in [0.717, 1.165) is 15.4 Å². The summed E-state index contributed by atoms with van der Waals surface area (Å²) in [6.45, 7) is 2.02. The number of benzene rings is 2. The molecule has 2 bridgehead atoms. The van der Waals surface area contributed by atoms with E-state index in [1.54, 1.807) is 13.0 Å². The minimum absolute atomic E-state index is 0.191. The van der Waals surface area contributed by atoms with Gasteiger partial charge in [0.25, 0.3) is 0 Å². The first-order chi connectivity index (χ1) is 16.5. The van der Waals surface area contributed by atoms with Crippen LogP contribution < -0.4 is 9.64 Å². The molecule has 5 rings (SSSR count). The lowest BCUT2D eigenvalue weighted by molar-refractivity contribution is -0.138. The Morgan fingerprint density at radius 2 is 1.89 bits per heavy atom. The molecule has 3 saturated heterocycles. The number of halogens is 4.